The maximum Gasteiger partial charge on any atom is 0.201 e. The molecule has 5 heteroatoms. The molecule has 0 saturated heterocycles. The van der Waals surface area contributed by atoms with Crippen LogP contribution in [-0.2, 0) is 0 Å². The molecule has 4 nitrogen and oxygen atoms in total. The molecule has 0 aliphatic rings. The predicted molar refractivity (Wildman–Crippen MR) is 76.3 cm³/mol. The maximum atomic E-state index is 11.9. The van der Waals surface area contributed by atoms with Crippen molar-refractivity contribution in [3.63, 3.8) is 0 Å². The molecule has 0 aliphatic carbocycles. The van der Waals surface area contributed by atoms with Gasteiger partial charge in [0.05, 0.1) is 5.56 Å². The Morgan fingerprint density at radius 1 is 1.05 bits per heavy atom. The first-order valence-corrected chi connectivity index (χ1v) is 6.08. The molecule has 0 heterocycles. The van der Waals surface area contributed by atoms with Crippen LogP contribution in [0.25, 0.3) is 6.08 Å². The minimum atomic E-state index is -0.716. The van der Waals surface area contributed by atoms with E-state index in [9.17, 15) is 20.1 Å². The average Bonchev–Trinajstić information content (AvgIpc) is 2.42. The average molecular weight is 291 g/mol. The van der Waals surface area contributed by atoms with Crippen LogP contribution < -0.4 is 0 Å². The van der Waals surface area contributed by atoms with Crippen LogP contribution in [0.15, 0.2) is 42.5 Å². The number of hydrogen-bond donors (Lipinski definition) is 3. The summed E-state index contributed by atoms with van der Waals surface area (Å²) in [7, 11) is 0. The van der Waals surface area contributed by atoms with Gasteiger partial charge in [-0.2, -0.15) is 0 Å². The monoisotopic (exact) mass is 290 g/mol. The Morgan fingerprint density at radius 3 is 2.50 bits per heavy atom. The lowest BCUT2D eigenvalue weighted by Gasteiger charge is -2.04. The first-order chi connectivity index (χ1) is 9.49. The van der Waals surface area contributed by atoms with Gasteiger partial charge in [-0.25, -0.2) is 0 Å². The van der Waals surface area contributed by atoms with Crippen molar-refractivity contribution < 1.29 is 20.1 Å². The zero-order valence-corrected chi connectivity index (χ0v) is 11.0. The molecule has 20 heavy (non-hydrogen) atoms. The van der Waals surface area contributed by atoms with E-state index in [-0.39, 0.29) is 5.56 Å². The van der Waals surface area contributed by atoms with E-state index in [4.69, 9.17) is 11.6 Å². The number of aromatic hydroxyl groups is 3. The molecule has 0 atom stereocenters. The van der Waals surface area contributed by atoms with E-state index >= 15 is 0 Å². The smallest absolute Gasteiger partial charge is 0.201 e. The van der Waals surface area contributed by atoms with E-state index < -0.39 is 23.0 Å². The molecule has 0 spiro atoms. The number of rotatable bonds is 3. The number of hydrogen-bond acceptors (Lipinski definition) is 4. The third-order valence-corrected chi connectivity index (χ3v) is 2.91. The first kappa shape index (κ1) is 14.0. The summed E-state index contributed by atoms with van der Waals surface area (Å²) in [6.45, 7) is 0. The van der Waals surface area contributed by atoms with Crippen molar-refractivity contribution in [1.29, 1.82) is 0 Å². The van der Waals surface area contributed by atoms with Crippen LogP contribution in [0.2, 0.25) is 5.02 Å². The number of carbonyl (C=O) groups excluding carboxylic acids is 1. The van der Waals surface area contributed by atoms with Gasteiger partial charge < -0.3 is 15.3 Å². The second kappa shape index (κ2) is 5.67. The van der Waals surface area contributed by atoms with Crippen LogP contribution in [0.3, 0.4) is 0 Å². The summed E-state index contributed by atoms with van der Waals surface area (Å²) < 4.78 is 0. The Kier molecular flexibility index (Phi) is 3.96. The van der Waals surface area contributed by atoms with Crippen molar-refractivity contribution >= 4 is 23.5 Å². The molecular formula is C15H11ClO4. The molecule has 0 aliphatic heterocycles. The number of allylic oxidation sites excluding steroid dienone is 1. The van der Waals surface area contributed by atoms with Crippen molar-refractivity contribution in [2.45, 2.75) is 0 Å². The number of ketones is 1. The van der Waals surface area contributed by atoms with Gasteiger partial charge >= 0.3 is 0 Å². The molecule has 0 bridgehead atoms. The molecule has 2 aromatic rings. The van der Waals surface area contributed by atoms with E-state index in [0.29, 0.717) is 5.02 Å². The minimum absolute atomic E-state index is 0.0985. The number of carbonyl (C=O) groups is 1. The van der Waals surface area contributed by atoms with Gasteiger partial charge in [0.15, 0.2) is 17.3 Å². The number of halogens is 1. The van der Waals surface area contributed by atoms with Gasteiger partial charge in [-0.05, 0) is 35.9 Å². The molecule has 0 saturated carbocycles. The van der Waals surface area contributed by atoms with Crippen LogP contribution in [-0.4, -0.2) is 21.1 Å². The van der Waals surface area contributed by atoms with Gasteiger partial charge in [-0.3, -0.25) is 4.79 Å². The first-order valence-electron chi connectivity index (χ1n) is 5.71. The lowest BCUT2D eigenvalue weighted by atomic mass is 10.1. The Labute approximate surface area is 120 Å². The fraction of sp³-hybridized carbons (Fsp3) is 0. The van der Waals surface area contributed by atoms with Gasteiger partial charge in [-0.15, -0.1) is 0 Å². The van der Waals surface area contributed by atoms with Crippen molar-refractivity contribution in [3.8, 4) is 17.2 Å². The second-order valence-electron chi connectivity index (χ2n) is 4.08. The Balaban J connectivity index is 2.27. The number of phenols is 3. The van der Waals surface area contributed by atoms with Crippen LogP contribution in [0, 0.1) is 0 Å². The summed E-state index contributed by atoms with van der Waals surface area (Å²) in [5.74, 6) is -2.35. The Bertz CT molecular complexity index is 692. The molecule has 0 amide bonds. The summed E-state index contributed by atoms with van der Waals surface area (Å²) >= 11 is 5.82. The van der Waals surface area contributed by atoms with Gasteiger partial charge in [0.2, 0.25) is 5.75 Å². The molecule has 0 unspecified atom stereocenters. The van der Waals surface area contributed by atoms with Crippen molar-refractivity contribution in [3.05, 3.63) is 58.6 Å². The third kappa shape index (κ3) is 2.92. The SMILES string of the molecule is O=C(/C=C/c1cccc(Cl)c1)c1ccc(O)c(O)c1O. The van der Waals surface area contributed by atoms with Crippen molar-refractivity contribution in [2.24, 2.45) is 0 Å². The highest BCUT2D eigenvalue weighted by Gasteiger charge is 2.15. The lowest BCUT2D eigenvalue weighted by Crippen LogP contribution is -1.95. The van der Waals surface area contributed by atoms with Gasteiger partial charge in [0.25, 0.3) is 0 Å². The molecule has 102 valence electrons. The summed E-state index contributed by atoms with van der Waals surface area (Å²) in [6, 6.07) is 9.27. The molecule has 2 rings (SSSR count). The summed E-state index contributed by atoms with van der Waals surface area (Å²) in [4.78, 5) is 11.9. The second-order valence-corrected chi connectivity index (χ2v) is 4.52. The molecular weight excluding hydrogens is 280 g/mol. The van der Waals surface area contributed by atoms with Crippen LogP contribution in [0.5, 0.6) is 17.2 Å². The highest BCUT2D eigenvalue weighted by Crippen LogP contribution is 2.37. The topological polar surface area (TPSA) is 77.8 Å². The molecule has 3 N–H and O–H groups in total. The van der Waals surface area contributed by atoms with Crippen molar-refractivity contribution in [2.75, 3.05) is 0 Å². The zero-order chi connectivity index (χ0) is 14.7. The molecule has 2 aromatic carbocycles. The highest BCUT2D eigenvalue weighted by molar-refractivity contribution is 6.30. The Morgan fingerprint density at radius 2 is 1.80 bits per heavy atom. The van der Waals surface area contributed by atoms with Crippen molar-refractivity contribution in [1.82, 2.24) is 0 Å². The van der Waals surface area contributed by atoms with E-state index in [1.54, 1.807) is 24.3 Å². The molecule has 0 radical (unpaired) electrons. The minimum Gasteiger partial charge on any atom is -0.504 e. The quantitative estimate of drug-likeness (QED) is 0.460. The maximum absolute atomic E-state index is 11.9. The Hall–Kier alpha value is -2.46. The molecule has 0 aromatic heterocycles. The number of benzene rings is 2. The third-order valence-electron chi connectivity index (χ3n) is 2.67. The fourth-order valence-electron chi connectivity index (χ4n) is 1.64. The summed E-state index contributed by atoms with van der Waals surface area (Å²) in [5, 5.41) is 28.7. The molecule has 0 fully saturated rings. The van der Waals surface area contributed by atoms with Crippen LogP contribution in [0.1, 0.15) is 15.9 Å². The zero-order valence-electron chi connectivity index (χ0n) is 10.2. The van der Waals surface area contributed by atoms with Gasteiger partial charge in [0.1, 0.15) is 0 Å². The number of phenolic OH excluding ortho intramolecular Hbond substituents is 3. The predicted octanol–water partition coefficient (Wildman–Crippen LogP) is 3.35. The van der Waals surface area contributed by atoms with Gasteiger partial charge in [0, 0.05) is 5.02 Å². The standard InChI is InChI=1S/C15H11ClO4/c16-10-3-1-2-9(8-10)4-6-12(17)11-5-7-13(18)15(20)14(11)19/h1-8,18-20H/b6-4+. The van der Waals surface area contributed by atoms with E-state index in [1.165, 1.54) is 18.2 Å². The lowest BCUT2D eigenvalue weighted by molar-refractivity contribution is 0.104. The van der Waals surface area contributed by atoms with Crippen LogP contribution >= 0.6 is 11.6 Å². The fourth-order valence-corrected chi connectivity index (χ4v) is 1.84. The van der Waals surface area contributed by atoms with E-state index in [2.05, 4.69) is 0 Å². The van der Waals surface area contributed by atoms with Gasteiger partial charge in [-0.1, -0.05) is 29.8 Å². The van der Waals surface area contributed by atoms with E-state index in [0.717, 1.165) is 11.6 Å². The highest BCUT2D eigenvalue weighted by atomic mass is 35.5. The van der Waals surface area contributed by atoms with Crippen LogP contribution in [0.4, 0.5) is 0 Å². The largest absolute Gasteiger partial charge is 0.504 e. The summed E-state index contributed by atoms with van der Waals surface area (Å²) in [6.07, 6.45) is 2.79. The van der Waals surface area contributed by atoms with E-state index in [1.807, 2.05) is 0 Å². The summed E-state index contributed by atoms with van der Waals surface area (Å²) in [5.41, 5.74) is 0.631. The normalized spacial score (nSPS) is 10.8.